The van der Waals surface area contributed by atoms with E-state index in [1.54, 1.807) is 13.2 Å². The van der Waals surface area contributed by atoms with Gasteiger partial charge in [-0.15, -0.1) is 0 Å². The molecule has 0 unspecified atom stereocenters. The Kier molecular flexibility index (Phi) is 5.81. The summed E-state index contributed by atoms with van der Waals surface area (Å²) in [4.78, 5) is 12.6. The lowest BCUT2D eigenvalue weighted by atomic mass is 9.89. The highest BCUT2D eigenvalue weighted by Crippen LogP contribution is 2.26. The van der Waals surface area contributed by atoms with Gasteiger partial charge in [-0.25, -0.2) is 12.7 Å². The standard InChI is InChI=1S/C17H25NO4S/c1-4-11-23(20,21)18-9-7-14(8-10-18)17(19)15-5-6-16(22-3)13(2)12-15/h5-6,12,14H,4,7-11H2,1-3H3. The van der Waals surface area contributed by atoms with Gasteiger partial charge in [0.15, 0.2) is 5.78 Å². The molecule has 128 valence electrons. The lowest BCUT2D eigenvalue weighted by molar-refractivity contribution is 0.0875. The summed E-state index contributed by atoms with van der Waals surface area (Å²) >= 11 is 0. The van der Waals surface area contributed by atoms with Crippen molar-refractivity contribution in [2.24, 2.45) is 5.92 Å². The molecule has 0 aromatic heterocycles. The van der Waals surface area contributed by atoms with Gasteiger partial charge in [-0.1, -0.05) is 6.92 Å². The average Bonchev–Trinajstić information content (AvgIpc) is 2.54. The van der Waals surface area contributed by atoms with E-state index in [1.807, 2.05) is 26.0 Å². The number of ketones is 1. The van der Waals surface area contributed by atoms with Crippen molar-refractivity contribution in [3.63, 3.8) is 0 Å². The summed E-state index contributed by atoms with van der Waals surface area (Å²) in [6.45, 7) is 4.65. The Morgan fingerprint density at radius 1 is 1.30 bits per heavy atom. The quantitative estimate of drug-likeness (QED) is 0.748. The van der Waals surface area contributed by atoms with E-state index in [1.165, 1.54) is 4.31 Å². The fourth-order valence-corrected chi connectivity index (χ4v) is 4.59. The summed E-state index contributed by atoms with van der Waals surface area (Å²) in [5.74, 6) is 0.949. The monoisotopic (exact) mass is 339 g/mol. The topological polar surface area (TPSA) is 63.7 Å². The molecule has 0 radical (unpaired) electrons. The third kappa shape index (κ3) is 4.12. The predicted octanol–water partition coefficient (Wildman–Crippen LogP) is 2.64. The highest BCUT2D eigenvalue weighted by atomic mass is 32.2. The van der Waals surface area contributed by atoms with Crippen molar-refractivity contribution >= 4 is 15.8 Å². The summed E-state index contributed by atoms with van der Waals surface area (Å²) in [5, 5.41) is 0. The van der Waals surface area contributed by atoms with Crippen molar-refractivity contribution in [3.05, 3.63) is 29.3 Å². The molecular formula is C17H25NO4S. The summed E-state index contributed by atoms with van der Waals surface area (Å²) in [6, 6.07) is 5.44. The number of benzene rings is 1. The molecule has 0 bridgehead atoms. The fraction of sp³-hybridized carbons (Fsp3) is 0.588. The largest absolute Gasteiger partial charge is 0.496 e. The Morgan fingerprint density at radius 2 is 1.96 bits per heavy atom. The van der Waals surface area contributed by atoms with Gasteiger partial charge in [0, 0.05) is 24.6 Å². The number of Topliss-reactive ketones (excluding diaryl/α,β-unsaturated/α-hetero) is 1. The Hall–Kier alpha value is -1.40. The molecule has 23 heavy (non-hydrogen) atoms. The summed E-state index contributed by atoms with van der Waals surface area (Å²) < 4.78 is 30.9. The first kappa shape index (κ1) is 17.9. The lowest BCUT2D eigenvalue weighted by Crippen LogP contribution is -2.41. The summed E-state index contributed by atoms with van der Waals surface area (Å²) in [5.41, 5.74) is 1.61. The first-order chi connectivity index (χ1) is 10.9. The third-order valence-corrected chi connectivity index (χ3v) is 6.44. The molecule has 0 N–H and O–H groups in total. The number of sulfonamides is 1. The number of aryl methyl sites for hydroxylation is 1. The zero-order valence-electron chi connectivity index (χ0n) is 14.0. The van der Waals surface area contributed by atoms with Crippen molar-refractivity contribution in [3.8, 4) is 5.75 Å². The van der Waals surface area contributed by atoms with E-state index in [4.69, 9.17) is 4.74 Å². The van der Waals surface area contributed by atoms with Gasteiger partial charge < -0.3 is 4.74 Å². The molecule has 1 heterocycles. The average molecular weight is 339 g/mol. The number of hydrogen-bond acceptors (Lipinski definition) is 4. The molecule has 0 saturated carbocycles. The van der Waals surface area contributed by atoms with Crippen LogP contribution in [-0.4, -0.2) is 44.5 Å². The van der Waals surface area contributed by atoms with Crippen LogP contribution >= 0.6 is 0 Å². The minimum absolute atomic E-state index is 0.100. The van der Waals surface area contributed by atoms with Gasteiger partial charge in [0.25, 0.3) is 0 Å². The van der Waals surface area contributed by atoms with Gasteiger partial charge in [0.2, 0.25) is 10.0 Å². The Balaban J connectivity index is 2.02. The van der Waals surface area contributed by atoms with Gasteiger partial charge in [0.1, 0.15) is 5.75 Å². The van der Waals surface area contributed by atoms with E-state index in [0.717, 1.165) is 11.3 Å². The van der Waals surface area contributed by atoms with Gasteiger partial charge >= 0.3 is 0 Å². The third-order valence-electron chi connectivity index (χ3n) is 4.36. The van der Waals surface area contributed by atoms with Gasteiger partial charge in [-0.05, 0) is 49.9 Å². The van der Waals surface area contributed by atoms with Gasteiger partial charge in [-0.3, -0.25) is 4.79 Å². The Labute approximate surface area is 138 Å². The normalized spacial score (nSPS) is 17.2. The molecule has 1 aromatic carbocycles. The van der Waals surface area contributed by atoms with Crippen LogP contribution in [0.5, 0.6) is 5.75 Å². The highest BCUT2D eigenvalue weighted by molar-refractivity contribution is 7.89. The van der Waals surface area contributed by atoms with Crippen molar-refractivity contribution < 1.29 is 17.9 Å². The second kappa shape index (κ2) is 7.45. The van der Waals surface area contributed by atoms with E-state index in [-0.39, 0.29) is 17.5 Å². The second-order valence-electron chi connectivity index (χ2n) is 6.04. The van der Waals surface area contributed by atoms with Crippen LogP contribution < -0.4 is 4.74 Å². The zero-order valence-corrected chi connectivity index (χ0v) is 14.9. The minimum atomic E-state index is -3.16. The van der Waals surface area contributed by atoms with Crippen LogP contribution in [0.3, 0.4) is 0 Å². The van der Waals surface area contributed by atoms with Crippen molar-refractivity contribution in [2.45, 2.75) is 33.1 Å². The maximum atomic E-state index is 12.6. The first-order valence-electron chi connectivity index (χ1n) is 8.05. The predicted molar refractivity (Wildman–Crippen MR) is 90.4 cm³/mol. The van der Waals surface area contributed by atoms with Crippen LogP contribution in [0.4, 0.5) is 0 Å². The number of ether oxygens (including phenoxy) is 1. The highest BCUT2D eigenvalue weighted by Gasteiger charge is 2.31. The summed E-state index contributed by atoms with van der Waals surface area (Å²) in [7, 11) is -1.55. The number of rotatable bonds is 6. The SMILES string of the molecule is CCCS(=O)(=O)N1CCC(C(=O)c2ccc(OC)c(C)c2)CC1. The number of piperidine rings is 1. The van der Waals surface area contributed by atoms with Gasteiger partial charge in [-0.2, -0.15) is 0 Å². The molecule has 1 aromatic rings. The number of carbonyl (C=O) groups excluding carboxylic acids is 1. The number of carbonyl (C=O) groups is 1. The molecule has 1 saturated heterocycles. The van der Waals surface area contributed by atoms with Crippen molar-refractivity contribution in [1.29, 1.82) is 0 Å². The van der Waals surface area contributed by atoms with E-state index in [2.05, 4.69) is 0 Å². The van der Waals surface area contributed by atoms with Crippen LogP contribution in [-0.2, 0) is 10.0 Å². The first-order valence-corrected chi connectivity index (χ1v) is 9.66. The molecule has 2 rings (SSSR count). The molecule has 5 nitrogen and oxygen atoms in total. The lowest BCUT2D eigenvalue weighted by Gasteiger charge is -2.30. The molecule has 0 aliphatic carbocycles. The zero-order chi connectivity index (χ0) is 17.0. The number of methoxy groups -OCH3 is 1. The second-order valence-corrected chi connectivity index (χ2v) is 8.13. The van der Waals surface area contributed by atoms with Crippen LogP contribution in [0.1, 0.15) is 42.1 Å². The molecule has 1 aliphatic heterocycles. The van der Waals surface area contributed by atoms with Crippen LogP contribution in [0, 0.1) is 12.8 Å². The maximum absolute atomic E-state index is 12.6. The van der Waals surface area contributed by atoms with Crippen LogP contribution in [0.15, 0.2) is 18.2 Å². The molecular weight excluding hydrogens is 314 g/mol. The molecule has 1 aliphatic rings. The molecule has 0 atom stereocenters. The van der Waals surface area contributed by atoms with Crippen molar-refractivity contribution in [1.82, 2.24) is 4.31 Å². The maximum Gasteiger partial charge on any atom is 0.214 e. The van der Waals surface area contributed by atoms with E-state index < -0.39 is 10.0 Å². The molecule has 6 heteroatoms. The molecule has 0 spiro atoms. The smallest absolute Gasteiger partial charge is 0.214 e. The number of hydrogen-bond donors (Lipinski definition) is 0. The molecule has 0 amide bonds. The van der Waals surface area contributed by atoms with E-state index >= 15 is 0 Å². The fourth-order valence-electron chi connectivity index (χ4n) is 3.05. The Bertz CT molecular complexity index is 661. The van der Waals surface area contributed by atoms with E-state index in [0.29, 0.717) is 37.9 Å². The van der Waals surface area contributed by atoms with Gasteiger partial charge in [0.05, 0.1) is 12.9 Å². The number of nitrogens with zero attached hydrogens (tertiary/aromatic N) is 1. The Morgan fingerprint density at radius 3 is 2.48 bits per heavy atom. The molecule has 1 fully saturated rings. The summed E-state index contributed by atoms with van der Waals surface area (Å²) in [6.07, 6.45) is 1.80. The van der Waals surface area contributed by atoms with Crippen LogP contribution in [0.25, 0.3) is 0 Å². The minimum Gasteiger partial charge on any atom is -0.496 e. The van der Waals surface area contributed by atoms with Crippen LogP contribution in [0.2, 0.25) is 0 Å². The van der Waals surface area contributed by atoms with Crippen molar-refractivity contribution in [2.75, 3.05) is 26.0 Å². The van der Waals surface area contributed by atoms with E-state index in [9.17, 15) is 13.2 Å².